The average molecular weight is 403 g/mol. The maximum atomic E-state index is 12.3. The summed E-state index contributed by atoms with van der Waals surface area (Å²) in [5, 5.41) is 3.15. The fraction of sp³-hybridized carbons (Fsp3) is 0.696. The summed E-state index contributed by atoms with van der Waals surface area (Å²) in [7, 11) is 0. The SMILES string of the molecule is O=C(Cc1ccc(CC2CCN(C3CCSCC3)C2)cc1)NC1CCOCC1. The van der Waals surface area contributed by atoms with Gasteiger partial charge in [-0.3, -0.25) is 4.79 Å². The van der Waals surface area contributed by atoms with E-state index in [-0.39, 0.29) is 11.9 Å². The van der Waals surface area contributed by atoms with Crippen molar-refractivity contribution in [2.24, 2.45) is 5.92 Å². The highest BCUT2D eigenvalue weighted by atomic mass is 32.2. The third-order valence-corrected chi connectivity index (χ3v) is 7.57. The molecule has 1 unspecified atom stereocenters. The van der Waals surface area contributed by atoms with E-state index in [4.69, 9.17) is 4.74 Å². The lowest BCUT2D eigenvalue weighted by Crippen LogP contribution is -2.39. The Morgan fingerprint density at radius 1 is 1.04 bits per heavy atom. The van der Waals surface area contributed by atoms with Crippen molar-refractivity contribution in [1.82, 2.24) is 10.2 Å². The van der Waals surface area contributed by atoms with Crippen LogP contribution in [0.15, 0.2) is 24.3 Å². The summed E-state index contributed by atoms with van der Waals surface area (Å²) in [4.78, 5) is 15.0. The minimum absolute atomic E-state index is 0.136. The van der Waals surface area contributed by atoms with E-state index in [2.05, 4.69) is 46.2 Å². The zero-order chi connectivity index (χ0) is 19.2. The van der Waals surface area contributed by atoms with Gasteiger partial charge in [0, 0.05) is 31.8 Å². The molecule has 0 spiro atoms. The van der Waals surface area contributed by atoms with Crippen LogP contribution < -0.4 is 5.32 Å². The molecule has 154 valence electrons. The van der Waals surface area contributed by atoms with Crippen LogP contribution in [0.25, 0.3) is 0 Å². The van der Waals surface area contributed by atoms with E-state index in [9.17, 15) is 4.79 Å². The van der Waals surface area contributed by atoms with E-state index < -0.39 is 0 Å². The summed E-state index contributed by atoms with van der Waals surface area (Å²) < 4.78 is 5.35. The molecule has 0 bridgehead atoms. The van der Waals surface area contributed by atoms with Crippen molar-refractivity contribution in [3.05, 3.63) is 35.4 Å². The Morgan fingerprint density at radius 3 is 2.50 bits per heavy atom. The summed E-state index contributed by atoms with van der Waals surface area (Å²) in [6.07, 6.45) is 7.61. The molecular formula is C23H34N2O2S. The second kappa shape index (κ2) is 10.1. The Balaban J connectivity index is 1.21. The molecule has 5 heteroatoms. The number of carbonyl (C=O) groups is 1. The lowest BCUT2D eigenvalue weighted by Gasteiger charge is -2.30. The van der Waals surface area contributed by atoms with Crippen LogP contribution in [0.4, 0.5) is 0 Å². The van der Waals surface area contributed by atoms with Crippen LogP contribution >= 0.6 is 11.8 Å². The number of likely N-dealkylation sites (tertiary alicyclic amines) is 1. The number of nitrogens with one attached hydrogen (secondary N) is 1. The van der Waals surface area contributed by atoms with Gasteiger partial charge in [0.25, 0.3) is 0 Å². The lowest BCUT2D eigenvalue weighted by atomic mass is 9.97. The van der Waals surface area contributed by atoms with Crippen molar-refractivity contribution in [2.75, 3.05) is 37.8 Å². The van der Waals surface area contributed by atoms with Crippen LogP contribution in [0, 0.1) is 5.92 Å². The Hall–Kier alpha value is -1.04. The van der Waals surface area contributed by atoms with Gasteiger partial charge in [-0.25, -0.2) is 0 Å². The number of thioether (sulfide) groups is 1. The van der Waals surface area contributed by atoms with Crippen LogP contribution in [0.1, 0.15) is 43.2 Å². The summed E-state index contributed by atoms with van der Waals surface area (Å²) in [5.41, 5.74) is 2.53. The van der Waals surface area contributed by atoms with E-state index in [0.717, 1.165) is 43.6 Å². The van der Waals surface area contributed by atoms with Gasteiger partial charge in [-0.2, -0.15) is 11.8 Å². The van der Waals surface area contributed by atoms with Crippen molar-refractivity contribution in [3.63, 3.8) is 0 Å². The van der Waals surface area contributed by atoms with Crippen LogP contribution in [0.3, 0.4) is 0 Å². The molecule has 3 heterocycles. The fourth-order valence-electron chi connectivity index (χ4n) is 4.84. The van der Waals surface area contributed by atoms with Gasteiger partial charge in [0.1, 0.15) is 0 Å². The van der Waals surface area contributed by atoms with Gasteiger partial charge in [0.05, 0.1) is 6.42 Å². The third kappa shape index (κ3) is 5.74. The number of carbonyl (C=O) groups excluding carboxylic acids is 1. The van der Waals surface area contributed by atoms with Crippen LogP contribution in [0.5, 0.6) is 0 Å². The van der Waals surface area contributed by atoms with Crippen molar-refractivity contribution in [2.45, 2.75) is 57.0 Å². The number of nitrogens with zero attached hydrogens (tertiary/aromatic N) is 1. The molecule has 4 nitrogen and oxygen atoms in total. The van der Waals surface area contributed by atoms with E-state index in [1.807, 2.05) is 0 Å². The van der Waals surface area contributed by atoms with Gasteiger partial charge in [0.15, 0.2) is 0 Å². The minimum Gasteiger partial charge on any atom is -0.381 e. The molecule has 3 aliphatic rings. The van der Waals surface area contributed by atoms with Crippen molar-refractivity contribution >= 4 is 17.7 Å². The zero-order valence-electron chi connectivity index (χ0n) is 16.9. The van der Waals surface area contributed by atoms with Gasteiger partial charge in [-0.05, 0) is 73.6 Å². The summed E-state index contributed by atoms with van der Waals surface area (Å²) >= 11 is 2.12. The van der Waals surface area contributed by atoms with Gasteiger partial charge in [-0.1, -0.05) is 24.3 Å². The van der Waals surface area contributed by atoms with Crippen molar-refractivity contribution in [3.8, 4) is 0 Å². The average Bonchev–Trinajstić information content (AvgIpc) is 3.19. The highest BCUT2D eigenvalue weighted by molar-refractivity contribution is 7.99. The minimum atomic E-state index is 0.136. The molecule has 3 saturated heterocycles. The van der Waals surface area contributed by atoms with Crippen LogP contribution in [-0.2, 0) is 22.4 Å². The molecule has 1 aromatic rings. The van der Waals surface area contributed by atoms with E-state index in [1.165, 1.54) is 55.8 Å². The summed E-state index contributed by atoms with van der Waals surface area (Å²) in [6, 6.07) is 9.87. The Bertz CT molecular complexity index is 624. The Kier molecular flexibility index (Phi) is 7.32. The molecule has 1 aromatic carbocycles. The summed E-state index contributed by atoms with van der Waals surface area (Å²) in [5.74, 6) is 3.61. The molecule has 28 heavy (non-hydrogen) atoms. The molecule has 0 saturated carbocycles. The van der Waals surface area contributed by atoms with E-state index >= 15 is 0 Å². The van der Waals surface area contributed by atoms with E-state index in [1.54, 1.807) is 0 Å². The topological polar surface area (TPSA) is 41.6 Å². The molecule has 0 radical (unpaired) electrons. The molecule has 3 fully saturated rings. The largest absolute Gasteiger partial charge is 0.381 e. The predicted octanol–water partition coefficient (Wildman–Crippen LogP) is 3.28. The second-order valence-corrected chi connectivity index (χ2v) is 9.87. The normalized spacial score (nSPS) is 25.1. The maximum absolute atomic E-state index is 12.3. The quantitative estimate of drug-likeness (QED) is 0.793. The first-order chi connectivity index (χ1) is 13.8. The Labute approximate surface area is 173 Å². The van der Waals surface area contributed by atoms with Crippen LogP contribution in [0.2, 0.25) is 0 Å². The van der Waals surface area contributed by atoms with Crippen LogP contribution in [-0.4, -0.2) is 60.7 Å². The number of hydrogen-bond acceptors (Lipinski definition) is 4. The molecule has 0 aromatic heterocycles. The van der Waals surface area contributed by atoms with Crippen molar-refractivity contribution in [1.29, 1.82) is 0 Å². The van der Waals surface area contributed by atoms with Gasteiger partial charge >= 0.3 is 0 Å². The number of hydrogen-bond donors (Lipinski definition) is 1. The first-order valence-electron chi connectivity index (χ1n) is 11.0. The zero-order valence-corrected chi connectivity index (χ0v) is 17.7. The summed E-state index contributed by atoms with van der Waals surface area (Å²) in [6.45, 7) is 4.07. The van der Waals surface area contributed by atoms with Gasteiger partial charge < -0.3 is 15.0 Å². The smallest absolute Gasteiger partial charge is 0.224 e. The first-order valence-corrected chi connectivity index (χ1v) is 12.2. The van der Waals surface area contributed by atoms with Crippen molar-refractivity contribution < 1.29 is 9.53 Å². The number of rotatable bonds is 6. The van der Waals surface area contributed by atoms with E-state index in [0.29, 0.717) is 6.42 Å². The Morgan fingerprint density at radius 2 is 1.75 bits per heavy atom. The predicted molar refractivity (Wildman–Crippen MR) is 116 cm³/mol. The first kappa shape index (κ1) is 20.2. The fourth-order valence-corrected chi connectivity index (χ4v) is 5.93. The molecule has 3 aliphatic heterocycles. The standard InChI is InChI=1S/C23H34N2O2S/c26-23(24-21-6-11-27-12-7-21)16-19-3-1-18(2-4-19)15-20-5-10-25(17-20)22-8-13-28-14-9-22/h1-4,20-22H,5-17H2,(H,24,26). The van der Waals surface area contributed by atoms with Gasteiger partial charge in [0.2, 0.25) is 5.91 Å². The van der Waals surface area contributed by atoms with Gasteiger partial charge in [-0.15, -0.1) is 0 Å². The second-order valence-electron chi connectivity index (χ2n) is 8.64. The third-order valence-electron chi connectivity index (χ3n) is 6.52. The number of benzene rings is 1. The number of amides is 1. The number of ether oxygens (including phenoxy) is 1. The molecule has 0 aliphatic carbocycles. The molecule has 1 N–H and O–H groups in total. The monoisotopic (exact) mass is 402 g/mol. The highest BCUT2D eigenvalue weighted by Gasteiger charge is 2.29. The molecule has 1 atom stereocenters. The maximum Gasteiger partial charge on any atom is 0.224 e. The lowest BCUT2D eigenvalue weighted by molar-refractivity contribution is -0.121. The molecular weight excluding hydrogens is 368 g/mol. The molecule has 1 amide bonds. The highest BCUT2D eigenvalue weighted by Crippen LogP contribution is 2.28. The molecule has 4 rings (SSSR count).